The maximum atomic E-state index is 6.21. The lowest BCUT2D eigenvalue weighted by molar-refractivity contribution is 0.412. The molecule has 0 amide bonds. The van der Waals surface area contributed by atoms with Crippen LogP contribution < -0.4 is 5.32 Å². The number of aryl methyl sites for hydroxylation is 1. The van der Waals surface area contributed by atoms with E-state index in [1.165, 1.54) is 24.8 Å². The topological polar surface area (TPSA) is 12.0 Å². The second kappa shape index (κ2) is 4.73. The smallest absolute Gasteiger partial charge is 0.0468 e. The molecule has 1 aromatic rings. The highest BCUT2D eigenvalue weighted by Crippen LogP contribution is 2.32. The van der Waals surface area contributed by atoms with Crippen LogP contribution in [-0.4, -0.2) is 6.54 Å². The van der Waals surface area contributed by atoms with Gasteiger partial charge >= 0.3 is 0 Å². The van der Waals surface area contributed by atoms with Crippen LogP contribution in [0.2, 0.25) is 10.0 Å². The maximum absolute atomic E-state index is 6.21. The molecule has 2 rings (SSSR count). The molecule has 1 N–H and O–H groups in total. The fourth-order valence-electron chi connectivity index (χ4n) is 2.06. The van der Waals surface area contributed by atoms with Crippen LogP contribution in [0.5, 0.6) is 0 Å². The van der Waals surface area contributed by atoms with Crippen molar-refractivity contribution in [2.75, 3.05) is 6.54 Å². The van der Waals surface area contributed by atoms with E-state index in [-0.39, 0.29) is 0 Å². The van der Waals surface area contributed by atoms with Crippen molar-refractivity contribution in [1.82, 2.24) is 5.32 Å². The summed E-state index contributed by atoms with van der Waals surface area (Å²) in [5.74, 6) is 0. The molecule has 1 fully saturated rings. The first kappa shape index (κ1) is 11.3. The number of hydrogen-bond acceptors (Lipinski definition) is 1. The van der Waals surface area contributed by atoms with Gasteiger partial charge in [0.25, 0.3) is 0 Å². The van der Waals surface area contributed by atoms with Crippen molar-refractivity contribution in [3.05, 3.63) is 33.3 Å². The Hall–Kier alpha value is -0.240. The van der Waals surface area contributed by atoms with Gasteiger partial charge in [-0.1, -0.05) is 35.7 Å². The number of halogens is 2. The lowest BCUT2D eigenvalue weighted by Gasteiger charge is -2.25. The van der Waals surface area contributed by atoms with Gasteiger partial charge in [0.15, 0.2) is 0 Å². The molecule has 1 saturated heterocycles. The third-order valence-electron chi connectivity index (χ3n) is 2.96. The van der Waals surface area contributed by atoms with E-state index in [1.807, 2.05) is 13.0 Å². The van der Waals surface area contributed by atoms with Crippen molar-refractivity contribution in [2.45, 2.75) is 32.2 Å². The van der Waals surface area contributed by atoms with Crippen LogP contribution in [0.25, 0.3) is 0 Å². The number of benzene rings is 1. The maximum Gasteiger partial charge on any atom is 0.0468 e. The first-order valence-corrected chi connectivity index (χ1v) is 6.13. The summed E-state index contributed by atoms with van der Waals surface area (Å²) >= 11 is 12.2. The van der Waals surface area contributed by atoms with Gasteiger partial charge in [-0.25, -0.2) is 0 Å². The highest BCUT2D eigenvalue weighted by Gasteiger charge is 2.18. The Labute approximate surface area is 101 Å². The fraction of sp³-hybridized carbons (Fsp3) is 0.500. The average molecular weight is 244 g/mol. The Morgan fingerprint density at radius 1 is 1.20 bits per heavy atom. The average Bonchev–Trinajstić information content (AvgIpc) is 2.25. The molecule has 15 heavy (non-hydrogen) atoms. The SMILES string of the molecule is Cc1cc([C@@H]2CCCCN2)c(Cl)cc1Cl. The molecule has 1 nitrogen and oxygen atoms in total. The Morgan fingerprint density at radius 3 is 2.67 bits per heavy atom. The highest BCUT2D eigenvalue weighted by molar-refractivity contribution is 6.35. The van der Waals surface area contributed by atoms with E-state index in [1.54, 1.807) is 0 Å². The Morgan fingerprint density at radius 2 is 2.00 bits per heavy atom. The quantitative estimate of drug-likeness (QED) is 0.783. The molecule has 0 aliphatic carbocycles. The molecule has 1 heterocycles. The zero-order valence-electron chi connectivity index (χ0n) is 8.82. The highest BCUT2D eigenvalue weighted by atomic mass is 35.5. The van der Waals surface area contributed by atoms with Gasteiger partial charge in [-0.15, -0.1) is 0 Å². The van der Waals surface area contributed by atoms with Crippen molar-refractivity contribution < 1.29 is 0 Å². The first-order valence-electron chi connectivity index (χ1n) is 5.37. The molecule has 1 aliphatic rings. The minimum Gasteiger partial charge on any atom is -0.310 e. The Bertz CT molecular complexity index is 357. The molecule has 0 bridgehead atoms. The fourth-order valence-corrected chi connectivity index (χ4v) is 2.58. The van der Waals surface area contributed by atoms with Crippen molar-refractivity contribution in [1.29, 1.82) is 0 Å². The lowest BCUT2D eigenvalue weighted by atomic mass is 9.96. The molecule has 1 atom stereocenters. The minimum atomic E-state index is 0.405. The van der Waals surface area contributed by atoms with Crippen LogP contribution in [0.4, 0.5) is 0 Å². The summed E-state index contributed by atoms with van der Waals surface area (Å²) in [5, 5.41) is 5.03. The molecule has 1 aliphatic heterocycles. The zero-order chi connectivity index (χ0) is 10.8. The van der Waals surface area contributed by atoms with Crippen LogP contribution in [0.1, 0.15) is 36.4 Å². The van der Waals surface area contributed by atoms with Gasteiger partial charge in [-0.2, -0.15) is 0 Å². The Kier molecular flexibility index (Phi) is 3.55. The molecular weight excluding hydrogens is 229 g/mol. The largest absolute Gasteiger partial charge is 0.310 e. The van der Waals surface area contributed by atoms with Gasteiger partial charge < -0.3 is 5.32 Å². The van der Waals surface area contributed by atoms with Gasteiger partial charge in [0.1, 0.15) is 0 Å². The van der Waals surface area contributed by atoms with Crippen LogP contribution >= 0.6 is 23.2 Å². The lowest BCUT2D eigenvalue weighted by Crippen LogP contribution is -2.27. The van der Waals surface area contributed by atoms with Crippen LogP contribution in [-0.2, 0) is 0 Å². The van der Waals surface area contributed by atoms with Gasteiger partial charge in [-0.05, 0) is 43.5 Å². The molecule has 3 heteroatoms. The summed E-state index contributed by atoms with van der Waals surface area (Å²) in [6.45, 7) is 3.10. The summed E-state index contributed by atoms with van der Waals surface area (Å²) < 4.78 is 0. The van der Waals surface area contributed by atoms with Crippen molar-refractivity contribution in [3.8, 4) is 0 Å². The van der Waals surface area contributed by atoms with Gasteiger partial charge in [0, 0.05) is 16.1 Å². The molecule has 0 aromatic heterocycles. The van der Waals surface area contributed by atoms with Gasteiger partial charge in [0.05, 0.1) is 0 Å². The third-order valence-corrected chi connectivity index (χ3v) is 3.70. The van der Waals surface area contributed by atoms with Crippen molar-refractivity contribution in [3.63, 3.8) is 0 Å². The van der Waals surface area contributed by atoms with Gasteiger partial charge in [0.2, 0.25) is 0 Å². The summed E-state index contributed by atoms with van der Waals surface area (Å²) in [4.78, 5) is 0. The van der Waals surface area contributed by atoms with Crippen molar-refractivity contribution in [2.24, 2.45) is 0 Å². The monoisotopic (exact) mass is 243 g/mol. The normalized spacial score (nSPS) is 21.7. The van der Waals surface area contributed by atoms with E-state index in [9.17, 15) is 0 Å². The van der Waals surface area contributed by atoms with E-state index in [4.69, 9.17) is 23.2 Å². The molecule has 0 unspecified atom stereocenters. The molecule has 0 spiro atoms. The molecule has 1 aromatic carbocycles. The van der Waals surface area contributed by atoms with Crippen molar-refractivity contribution >= 4 is 23.2 Å². The molecule has 0 radical (unpaired) electrons. The molecule has 0 saturated carbocycles. The second-order valence-electron chi connectivity index (χ2n) is 4.13. The second-order valence-corrected chi connectivity index (χ2v) is 4.94. The first-order chi connectivity index (χ1) is 7.18. The van der Waals surface area contributed by atoms with Gasteiger partial charge in [-0.3, -0.25) is 0 Å². The molecule has 82 valence electrons. The van der Waals surface area contributed by atoms with E-state index >= 15 is 0 Å². The minimum absolute atomic E-state index is 0.405. The molecular formula is C12H15Cl2N. The number of piperidine rings is 1. The number of rotatable bonds is 1. The van der Waals surface area contributed by atoms with E-state index in [0.29, 0.717) is 6.04 Å². The predicted octanol–water partition coefficient (Wildman–Crippen LogP) is 4.12. The number of hydrogen-bond donors (Lipinski definition) is 1. The summed E-state index contributed by atoms with van der Waals surface area (Å²) in [6.07, 6.45) is 3.71. The Balaban J connectivity index is 2.30. The van der Waals surface area contributed by atoms with Crippen LogP contribution in [0, 0.1) is 6.92 Å². The zero-order valence-corrected chi connectivity index (χ0v) is 10.3. The standard InChI is InChI=1S/C12H15Cl2N/c1-8-6-9(11(14)7-10(8)13)12-4-2-3-5-15-12/h6-7,12,15H,2-5H2,1H3/t12-/m0/s1. The van der Waals surface area contributed by atoms with E-state index < -0.39 is 0 Å². The van der Waals surface area contributed by atoms with E-state index in [0.717, 1.165) is 22.2 Å². The summed E-state index contributed by atoms with van der Waals surface area (Å²) in [7, 11) is 0. The summed E-state index contributed by atoms with van der Waals surface area (Å²) in [5.41, 5.74) is 2.29. The van der Waals surface area contributed by atoms with E-state index in [2.05, 4.69) is 11.4 Å². The summed E-state index contributed by atoms with van der Waals surface area (Å²) in [6, 6.07) is 4.36. The van der Waals surface area contributed by atoms with Crippen LogP contribution in [0.3, 0.4) is 0 Å². The number of nitrogens with one attached hydrogen (secondary N) is 1. The predicted molar refractivity (Wildman–Crippen MR) is 65.8 cm³/mol. The third kappa shape index (κ3) is 2.47. The van der Waals surface area contributed by atoms with Crippen LogP contribution in [0.15, 0.2) is 12.1 Å².